The second-order valence-electron chi connectivity index (χ2n) is 3.65. The van der Waals surface area contributed by atoms with Gasteiger partial charge < -0.3 is 0 Å². The van der Waals surface area contributed by atoms with Gasteiger partial charge in [-0.05, 0) is 37.5 Å². The maximum absolute atomic E-state index is 11.8. The third-order valence-corrected chi connectivity index (χ3v) is 3.64. The van der Waals surface area contributed by atoms with Crippen molar-refractivity contribution in [3.63, 3.8) is 0 Å². The summed E-state index contributed by atoms with van der Waals surface area (Å²) in [6, 6.07) is 6.88. The molecule has 88 valence electrons. The summed E-state index contributed by atoms with van der Waals surface area (Å²) in [6.45, 7) is 5.91. The number of unbranched alkanes of at least 4 members (excludes halogenated alkanes) is 1. The van der Waals surface area contributed by atoms with Gasteiger partial charge in [0, 0.05) is 6.54 Å². The van der Waals surface area contributed by atoms with Gasteiger partial charge in [0.15, 0.2) is 0 Å². The van der Waals surface area contributed by atoms with Crippen LogP contribution in [0.25, 0.3) is 0 Å². The minimum Gasteiger partial charge on any atom is -0.211 e. The molecule has 1 aromatic carbocycles. The zero-order valence-electron chi connectivity index (χ0n) is 9.44. The molecule has 1 rings (SSSR count). The average Bonchev–Trinajstić information content (AvgIpc) is 2.24. The Balaban J connectivity index is 2.67. The first kappa shape index (κ1) is 12.9. The van der Waals surface area contributed by atoms with Crippen molar-refractivity contribution in [1.82, 2.24) is 4.72 Å². The van der Waals surface area contributed by atoms with Gasteiger partial charge in [-0.15, -0.1) is 6.58 Å². The topological polar surface area (TPSA) is 46.2 Å². The van der Waals surface area contributed by atoms with Gasteiger partial charge in [-0.2, -0.15) is 0 Å². The second kappa shape index (κ2) is 5.82. The van der Waals surface area contributed by atoms with Crippen LogP contribution in [0.15, 0.2) is 41.8 Å². The van der Waals surface area contributed by atoms with Crippen LogP contribution in [0.2, 0.25) is 0 Å². The number of nitrogens with one attached hydrogen (secondary N) is 1. The van der Waals surface area contributed by atoms with Gasteiger partial charge in [0.05, 0.1) is 4.90 Å². The van der Waals surface area contributed by atoms with Gasteiger partial charge in [0.2, 0.25) is 10.0 Å². The normalized spacial score (nSPS) is 11.3. The Morgan fingerprint density at radius 1 is 1.44 bits per heavy atom. The number of sulfonamides is 1. The van der Waals surface area contributed by atoms with E-state index in [4.69, 9.17) is 0 Å². The molecule has 0 saturated heterocycles. The number of aryl methyl sites for hydroxylation is 1. The van der Waals surface area contributed by atoms with Crippen molar-refractivity contribution in [3.05, 3.63) is 42.5 Å². The summed E-state index contributed by atoms with van der Waals surface area (Å²) in [4.78, 5) is 0.325. The van der Waals surface area contributed by atoms with Gasteiger partial charge in [-0.3, -0.25) is 0 Å². The molecule has 0 aromatic heterocycles. The third kappa shape index (κ3) is 3.79. The Kier molecular flexibility index (Phi) is 4.71. The van der Waals surface area contributed by atoms with Crippen molar-refractivity contribution in [2.45, 2.75) is 24.7 Å². The SMILES string of the molecule is C=CCCCNS(=O)(=O)c1cccc(C)c1. The van der Waals surface area contributed by atoms with E-state index in [-0.39, 0.29) is 0 Å². The number of benzene rings is 1. The monoisotopic (exact) mass is 239 g/mol. The van der Waals surface area contributed by atoms with E-state index in [1.165, 1.54) is 0 Å². The first-order chi connectivity index (χ1) is 7.56. The fourth-order valence-electron chi connectivity index (χ4n) is 1.32. The number of rotatable bonds is 6. The van der Waals surface area contributed by atoms with Crippen LogP contribution < -0.4 is 4.72 Å². The average molecular weight is 239 g/mol. The molecule has 0 amide bonds. The quantitative estimate of drug-likeness (QED) is 0.611. The molecule has 0 aliphatic carbocycles. The highest BCUT2D eigenvalue weighted by molar-refractivity contribution is 7.89. The molecule has 0 spiro atoms. The molecule has 16 heavy (non-hydrogen) atoms. The van der Waals surface area contributed by atoms with Crippen LogP contribution in [0.5, 0.6) is 0 Å². The van der Waals surface area contributed by atoms with Crippen molar-refractivity contribution in [2.75, 3.05) is 6.54 Å². The summed E-state index contributed by atoms with van der Waals surface area (Å²) in [7, 11) is -3.35. The smallest absolute Gasteiger partial charge is 0.211 e. The largest absolute Gasteiger partial charge is 0.240 e. The number of hydrogen-bond donors (Lipinski definition) is 1. The van der Waals surface area contributed by atoms with E-state index in [0.717, 1.165) is 18.4 Å². The first-order valence-corrected chi connectivity index (χ1v) is 6.72. The van der Waals surface area contributed by atoms with Gasteiger partial charge in [-0.1, -0.05) is 18.2 Å². The van der Waals surface area contributed by atoms with Gasteiger partial charge in [0.25, 0.3) is 0 Å². The minimum absolute atomic E-state index is 0.325. The lowest BCUT2D eigenvalue weighted by molar-refractivity contribution is 0.579. The van der Waals surface area contributed by atoms with E-state index in [9.17, 15) is 8.42 Å². The van der Waals surface area contributed by atoms with E-state index in [1.54, 1.807) is 24.3 Å². The van der Waals surface area contributed by atoms with E-state index >= 15 is 0 Å². The summed E-state index contributed by atoms with van der Waals surface area (Å²) < 4.78 is 26.2. The molecule has 0 bridgehead atoms. The Bertz CT molecular complexity index is 452. The molecule has 4 heteroatoms. The van der Waals surface area contributed by atoms with Gasteiger partial charge >= 0.3 is 0 Å². The Morgan fingerprint density at radius 3 is 2.81 bits per heavy atom. The van der Waals surface area contributed by atoms with Crippen molar-refractivity contribution in [1.29, 1.82) is 0 Å². The number of hydrogen-bond acceptors (Lipinski definition) is 2. The van der Waals surface area contributed by atoms with Crippen LogP contribution in [0.3, 0.4) is 0 Å². The predicted molar refractivity (Wildman–Crippen MR) is 65.8 cm³/mol. The van der Waals surface area contributed by atoms with Crippen LogP contribution >= 0.6 is 0 Å². The Labute approximate surface area is 97.2 Å². The standard InChI is InChI=1S/C12H17NO2S/c1-3-4-5-9-13-16(14,15)12-8-6-7-11(2)10-12/h3,6-8,10,13H,1,4-5,9H2,2H3. The molecule has 0 radical (unpaired) electrons. The Hall–Kier alpha value is -1.13. The maximum Gasteiger partial charge on any atom is 0.240 e. The molecule has 3 nitrogen and oxygen atoms in total. The molecule has 0 fully saturated rings. The summed E-state index contributed by atoms with van der Waals surface area (Å²) in [5.41, 5.74) is 0.939. The molecular weight excluding hydrogens is 222 g/mol. The maximum atomic E-state index is 11.8. The molecule has 0 unspecified atom stereocenters. The van der Waals surface area contributed by atoms with E-state index < -0.39 is 10.0 Å². The minimum atomic E-state index is -3.35. The molecule has 0 aliphatic heterocycles. The lowest BCUT2D eigenvalue weighted by Crippen LogP contribution is -2.24. The third-order valence-electron chi connectivity index (χ3n) is 2.18. The summed E-state index contributed by atoms with van der Waals surface area (Å²) in [5, 5.41) is 0. The van der Waals surface area contributed by atoms with Crippen LogP contribution in [-0.2, 0) is 10.0 Å². The lowest BCUT2D eigenvalue weighted by Gasteiger charge is -2.06. The van der Waals surface area contributed by atoms with Crippen molar-refractivity contribution in [3.8, 4) is 0 Å². The van der Waals surface area contributed by atoms with Crippen molar-refractivity contribution >= 4 is 10.0 Å². The Morgan fingerprint density at radius 2 is 2.19 bits per heavy atom. The van der Waals surface area contributed by atoms with E-state index in [2.05, 4.69) is 11.3 Å². The van der Waals surface area contributed by atoms with Gasteiger partial charge in [-0.25, -0.2) is 13.1 Å². The van der Waals surface area contributed by atoms with E-state index in [0.29, 0.717) is 11.4 Å². The summed E-state index contributed by atoms with van der Waals surface area (Å²) >= 11 is 0. The first-order valence-electron chi connectivity index (χ1n) is 5.23. The molecule has 0 aliphatic rings. The molecule has 1 aromatic rings. The molecule has 1 N–H and O–H groups in total. The summed E-state index contributed by atoms with van der Waals surface area (Å²) in [6.07, 6.45) is 3.37. The highest BCUT2D eigenvalue weighted by Crippen LogP contribution is 2.10. The van der Waals surface area contributed by atoms with Crippen molar-refractivity contribution < 1.29 is 8.42 Å². The fourth-order valence-corrected chi connectivity index (χ4v) is 2.50. The van der Waals surface area contributed by atoms with Crippen LogP contribution in [0, 0.1) is 6.92 Å². The highest BCUT2D eigenvalue weighted by Gasteiger charge is 2.12. The van der Waals surface area contributed by atoms with E-state index in [1.807, 2.05) is 13.0 Å². The molecule has 0 saturated carbocycles. The van der Waals surface area contributed by atoms with Crippen LogP contribution in [0.1, 0.15) is 18.4 Å². The number of allylic oxidation sites excluding steroid dienone is 1. The summed E-state index contributed by atoms with van der Waals surface area (Å²) in [5.74, 6) is 0. The zero-order valence-corrected chi connectivity index (χ0v) is 10.3. The second-order valence-corrected chi connectivity index (χ2v) is 5.41. The molecule has 0 heterocycles. The zero-order chi connectivity index (χ0) is 12.0. The fraction of sp³-hybridized carbons (Fsp3) is 0.333. The molecular formula is C12H17NO2S. The predicted octanol–water partition coefficient (Wildman–Crippen LogP) is 2.24. The lowest BCUT2D eigenvalue weighted by atomic mass is 10.2. The van der Waals surface area contributed by atoms with Gasteiger partial charge in [0.1, 0.15) is 0 Å². The van der Waals surface area contributed by atoms with Crippen LogP contribution in [0.4, 0.5) is 0 Å². The van der Waals surface area contributed by atoms with Crippen LogP contribution in [-0.4, -0.2) is 15.0 Å². The highest BCUT2D eigenvalue weighted by atomic mass is 32.2. The molecule has 0 atom stereocenters. The van der Waals surface area contributed by atoms with Crippen molar-refractivity contribution in [2.24, 2.45) is 0 Å².